The largest absolute Gasteiger partial charge is 0.497 e. The van der Waals surface area contributed by atoms with Crippen LogP contribution in [0.5, 0.6) is 11.5 Å². The standard InChI is InChI=1S/C24H21N3O2S/c1-28-20-12-8-18(9-13-20)22-23(19-10-14-21(29-2)15-11-19)26-27-24(25-22)30-16-17-6-4-3-5-7-17/h3-15H,16H2,1-2H3. The molecule has 0 bridgehead atoms. The second-order valence-electron chi connectivity index (χ2n) is 6.52. The van der Waals surface area contributed by atoms with E-state index >= 15 is 0 Å². The fourth-order valence-corrected chi connectivity index (χ4v) is 3.73. The molecule has 0 aliphatic carbocycles. The van der Waals surface area contributed by atoms with Crippen molar-refractivity contribution in [2.24, 2.45) is 0 Å². The van der Waals surface area contributed by atoms with Crippen molar-refractivity contribution in [2.45, 2.75) is 10.9 Å². The van der Waals surface area contributed by atoms with Crippen molar-refractivity contribution in [3.8, 4) is 34.0 Å². The topological polar surface area (TPSA) is 57.1 Å². The lowest BCUT2D eigenvalue weighted by Gasteiger charge is -2.10. The Morgan fingerprint density at radius 1 is 0.667 bits per heavy atom. The van der Waals surface area contributed by atoms with Gasteiger partial charge in [-0.15, -0.1) is 10.2 Å². The molecule has 0 fully saturated rings. The molecule has 6 heteroatoms. The Labute approximate surface area is 180 Å². The fourth-order valence-electron chi connectivity index (χ4n) is 2.99. The van der Waals surface area contributed by atoms with Crippen LogP contribution in [0.1, 0.15) is 5.56 Å². The number of ether oxygens (including phenoxy) is 2. The highest BCUT2D eigenvalue weighted by Gasteiger charge is 2.14. The zero-order valence-corrected chi connectivity index (χ0v) is 17.6. The van der Waals surface area contributed by atoms with E-state index in [2.05, 4.69) is 22.3 Å². The van der Waals surface area contributed by atoms with Crippen LogP contribution in [0.4, 0.5) is 0 Å². The summed E-state index contributed by atoms with van der Waals surface area (Å²) < 4.78 is 10.6. The summed E-state index contributed by atoms with van der Waals surface area (Å²) in [5.74, 6) is 2.37. The van der Waals surface area contributed by atoms with Gasteiger partial charge in [0.15, 0.2) is 0 Å². The molecule has 4 aromatic rings. The summed E-state index contributed by atoms with van der Waals surface area (Å²) in [5.41, 5.74) is 4.62. The fraction of sp³-hybridized carbons (Fsp3) is 0.125. The summed E-state index contributed by atoms with van der Waals surface area (Å²) in [4.78, 5) is 4.85. The molecule has 0 aliphatic heterocycles. The van der Waals surface area contributed by atoms with Crippen molar-refractivity contribution in [3.05, 3.63) is 84.4 Å². The van der Waals surface area contributed by atoms with Gasteiger partial charge in [-0.2, -0.15) is 0 Å². The van der Waals surface area contributed by atoms with Gasteiger partial charge in [0.25, 0.3) is 0 Å². The lowest BCUT2D eigenvalue weighted by Crippen LogP contribution is -1.99. The molecule has 0 radical (unpaired) electrons. The maximum Gasteiger partial charge on any atom is 0.210 e. The molecule has 0 N–H and O–H groups in total. The van der Waals surface area contributed by atoms with Crippen molar-refractivity contribution in [1.29, 1.82) is 0 Å². The van der Waals surface area contributed by atoms with Crippen LogP contribution in [0.15, 0.2) is 84.0 Å². The first-order valence-corrected chi connectivity index (χ1v) is 10.5. The Bertz CT molecular complexity index is 1100. The van der Waals surface area contributed by atoms with Gasteiger partial charge in [0, 0.05) is 16.9 Å². The van der Waals surface area contributed by atoms with E-state index in [1.807, 2.05) is 66.7 Å². The summed E-state index contributed by atoms with van der Waals surface area (Å²) in [6, 6.07) is 25.8. The molecular weight excluding hydrogens is 394 g/mol. The summed E-state index contributed by atoms with van der Waals surface area (Å²) in [5, 5.41) is 9.55. The normalized spacial score (nSPS) is 10.6. The second kappa shape index (κ2) is 9.41. The van der Waals surface area contributed by atoms with E-state index in [1.54, 1.807) is 26.0 Å². The van der Waals surface area contributed by atoms with Gasteiger partial charge in [0.05, 0.1) is 14.2 Å². The number of aromatic nitrogens is 3. The molecule has 0 aliphatic rings. The van der Waals surface area contributed by atoms with Crippen molar-refractivity contribution >= 4 is 11.8 Å². The van der Waals surface area contributed by atoms with Crippen LogP contribution in [-0.2, 0) is 5.75 Å². The number of nitrogens with zero attached hydrogens (tertiary/aromatic N) is 3. The van der Waals surface area contributed by atoms with E-state index in [0.29, 0.717) is 5.16 Å². The Balaban J connectivity index is 1.70. The van der Waals surface area contributed by atoms with Crippen molar-refractivity contribution < 1.29 is 9.47 Å². The third-order valence-corrected chi connectivity index (χ3v) is 5.51. The molecule has 1 aromatic heterocycles. The smallest absolute Gasteiger partial charge is 0.210 e. The quantitative estimate of drug-likeness (QED) is 0.371. The van der Waals surface area contributed by atoms with E-state index < -0.39 is 0 Å². The monoisotopic (exact) mass is 415 g/mol. The van der Waals surface area contributed by atoms with Crippen LogP contribution in [0.25, 0.3) is 22.5 Å². The predicted octanol–water partition coefficient (Wildman–Crippen LogP) is 5.52. The van der Waals surface area contributed by atoms with Crippen molar-refractivity contribution in [3.63, 3.8) is 0 Å². The highest BCUT2D eigenvalue weighted by atomic mass is 32.2. The van der Waals surface area contributed by atoms with Gasteiger partial charge >= 0.3 is 0 Å². The van der Waals surface area contributed by atoms with E-state index in [4.69, 9.17) is 14.5 Å². The Kier molecular flexibility index (Phi) is 6.25. The predicted molar refractivity (Wildman–Crippen MR) is 120 cm³/mol. The number of rotatable bonds is 7. The molecule has 1 heterocycles. The minimum Gasteiger partial charge on any atom is -0.497 e. The number of methoxy groups -OCH3 is 2. The first-order chi connectivity index (χ1) is 14.8. The third-order valence-electron chi connectivity index (χ3n) is 4.60. The van der Waals surface area contributed by atoms with Crippen LogP contribution in [-0.4, -0.2) is 29.4 Å². The Hall–Kier alpha value is -3.38. The average Bonchev–Trinajstić information content (AvgIpc) is 2.83. The van der Waals surface area contributed by atoms with Crippen LogP contribution in [0.2, 0.25) is 0 Å². The van der Waals surface area contributed by atoms with Crippen molar-refractivity contribution in [1.82, 2.24) is 15.2 Å². The van der Waals surface area contributed by atoms with Crippen LogP contribution in [0, 0.1) is 0 Å². The molecule has 0 saturated heterocycles. The third kappa shape index (κ3) is 4.60. The van der Waals surface area contributed by atoms with Gasteiger partial charge in [-0.1, -0.05) is 42.1 Å². The average molecular weight is 416 g/mol. The number of hydrogen-bond donors (Lipinski definition) is 0. The minimum absolute atomic E-state index is 0.641. The van der Waals surface area contributed by atoms with Gasteiger partial charge in [-0.05, 0) is 54.1 Å². The first kappa shape index (κ1) is 19.9. The molecule has 0 spiro atoms. The molecule has 0 saturated carbocycles. The molecule has 30 heavy (non-hydrogen) atoms. The SMILES string of the molecule is COc1ccc(-c2nnc(SCc3ccccc3)nc2-c2ccc(OC)cc2)cc1. The van der Waals surface area contributed by atoms with Crippen LogP contribution in [0.3, 0.4) is 0 Å². The lowest BCUT2D eigenvalue weighted by molar-refractivity contribution is 0.414. The molecule has 4 rings (SSSR count). The molecule has 0 atom stereocenters. The lowest BCUT2D eigenvalue weighted by atomic mass is 10.0. The minimum atomic E-state index is 0.641. The van der Waals surface area contributed by atoms with Crippen LogP contribution >= 0.6 is 11.8 Å². The molecule has 0 amide bonds. The van der Waals surface area contributed by atoms with Gasteiger partial charge in [-0.25, -0.2) is 4.98 Å². The zero-order valence-electron chi connectivity index (χ0n) is 16.8. The van der Waals surface area contributed by atoms with Gasteiger partial charge in [-0.3, -0.25) is 0 Å². The van der Waals surface area contributed by atoms with E-state index in [9.17, 15) is 0 Å². The second-order valence-corrected chi connectivity index (χ2v) is 7.47. The Morgan fingerprint density at radius 3 is 1.80 bits per heavy atom. The van der Waals surface area contributed by atoms with Gasteiger partial charge < -0.3 is 9.47 Å². The first-order valence-electron chi connectivity index (χ1n) is 9.47. The van der Waals surface area contributed by atoms with Gasteiger partial charge in [0.2, 0.25) is 5.16 Å². The summed E-state index contributed by atoms with van der Waals surface area (Å²) in [6.45, 7) is 0. The zero-order chi connectivity index (χ0) is 20.8. The molecule has 3 aromatic carbocycles. The van der Waals surface area contributed by atoms with Crippen molar-refractivity contribution in [2.75, 3.05) is 14.2 Å². The van der Waals surface area contributed by atoms with Gasteiger partial charge in [0.1, 0.15) is 22.9 Å². The van der Waals surface area contributed by atoms with E-state index in [1.165, 1.54) is 5.56 Å². The van der Waals surface area contributed by atoms with E-state index in [0.717, 1.165) is 39.8 Å². The maximum atomic E-state index is 5.29. The molecule has 5 nitrogen and oxygen atoms in total. The Morgan fingerprint density at radius 2 is 1.23 bits per heavy atom. The maximum absolute atomic E-state index is 5.29. The molecule has 150 valence electrons. The van der Waals surface area contributed by atoms with E-state index in [-0.39, 0.29) is 0 Å². The molecule has 0 unspecified atom stereocenters. The number of thioether (sulfide) groups is 1. The number of benzene rings is 3. The summed E-state index contributed by atoms with van der Waals surface area (Å²) in [6.07, 6.45) is 0. The summed E-state index contributed by atoms with van der Waals surface area (Å²) >= 11 is 1.57. The van der Waals surface area contributed by atoms with Crippen LogP contribution < -0.4 is 9.47 Å². The highest BCUT2D eigenvalue weighted by molar-refractivity contribution is 7.98. The summed E-state index contributed by atoms with van der Waals surface area (Å²) in [7, 11) is 3.31. The molecular formula is C24H21N3O2S. The number of hydrogen-bond acceptors (Lipinski definition) is 6. The highest BCUT2D eigenvalue weighted by Crippen LogP contribution is 2.32.